The van der Waals surface area contributed by atoms with E-state index < -0.39 is 24.6 Å². The Morgan fingerprint density at radius 2 is 1.41 bits per heavy atom. The number of sulfone groups is 1. The fourth-order valence-corrected chi connectivity index (χ4v) is 5.53. The Morgan fingerprint density at radius 3 is 2.00 bits per heavy atom. The zero-order chi connectivity index (χ0) is 21.3. The summed E-state index contributed by atoms with van der Waals surface area (Å²) >= 11 is 0. The Kier molecular flexibility index (Phi) is 5.96. The van der Waals surface area contributed by atoms with E-state index in [4.69, 9.17) is 0 Å². The van der Waals surface area contributed by atoms with Crippen molar-refractivity contribution in [2.45, 2.75) is 54.6 Å². The summed E-state index contributed by atoms with van der Waals surface area (Å²) in [5, 5.41) is 0. The van der Waals surface area contributed by atoms with Crippen LogP contribution in [0.2, 0.25) is 0 Å². The van der Waals surface area contributed by atoms with Gasteiger partial charge in [-0.25, -0.2) is 16.8 Å². The standard InChI is InChI=1S/C21H28N2O4S2/c1-21(2,3)28(24,25)19-10-12-20(13-11-19)29(26,27)22-17-8-7-9-18(16-17)23-14-5-4-6-15-23/h7-13,16,22H,4-6,14-15H2,1-3H3. The van der Waals surface area contributed by atoms with Crippen LogP contribution in [-0.4, -0.2) is 34.7 Å². The summed E-state index contributed by atoms with van der Waals surface area (Å²) in [6.07, 6.45) is 3.50. The average molecular weight is 437 g/mol. The molecule has 1 saturated heterocycles. The van der Waals surface area contributed by atoms with Crippen LogP contribution >= 0.6 is 0 Å². The third-order valence-corrected chi connectivity index (χ3v) is 8.97. The lowest BCUT2D eigenvalue weighted by atomic mass is 10.1. The molecule has 1 heterocycles. The Hall–Kier alpha value is -2.06. The lowest BCUT2D eigenvalue weighted by molar-refractivity contribution is 0.560. The monoisotopic (exact) mass is 436 g/mol. The maximum absolute atomic E-state index is 12.8. The van der Waals surface area contributed by atoms with Crippen LogP contribution in [0.3, 0.4) is 0 Å². The lowest BCUT2D eigenvalue weighted by Crippen LogP contribution is -2.29. The highest BCUT2D eigenvalue weighted by Crippen LogP contribution is 2.27. The number of benzene rings is 2. The lowest BCUT2D eigenvalue weighted by Gasteiger charge is -2.29. The molecule has 1 N–H and O–H groups in total. The zero-order valence-electron chi connectivity index (χ0n) is 17.1. The van der Waals surface area contributed by atoms with Crippen LogP contribution in [0, 0.1) is 0 Å². The van der Waals surface area contributed by atoms with Crippen molar-refractivity contribution in [3.05, 3.63) is 48.5 Å². The quantitative estimate of drug-likeness (QED) is 0.764. The molecule has 158 valence electrons. The molecule has 0 unspecified atom stereocenters. The average Bonchev–Trinajstić information content (AvgIpc) is 2.68. The van der Waals surface area contributed by atoms with Gasteiger partial charge in [0.05, 0.1) is 20.2 Å². The maximum Gasteiger partial charge on any atom is 0.261 e. The first kappa shape index (κ1) is 21.6. The molecule has 29 heavy (non-hydrogen) atoms. The minimum absolute atomic E-state index is 0.0220. The van der Waals surface area contributed by atoms with E-state index in [0.29, 0.717) is 5.69 Å². The van der Waals surface area contributed by atoms with Crippen molar-refractivity contribution in [1.82, 2.24) is 0 Å². The largest absolute Gasteiger partial charge is 0.371 e. The molecule has 3 rings (SSSR count). The molecular formula is C21H28N2O4S2. The first-order valence-corrected chi connectivity index (χ1v) is 12.7. The summed E-state index contributed by atoms with van der Waals surface area (Å²) in [7, 11) is -7.36. The molecule has 0 atom stereocenters. The van der Waals surface area contributed by atoms with E-state index in [9.17, 15) is 16.8 Å². The van der Waals surface area contributed by atoms with Crippen LogP contribution in [0.25, 0.3) is 0 Å². The third-order valence-electron chi connectivity index (χ3n) is 5.07. The molecule has 8 heteroatoms. The topological polar surface area (TPSA) is 83.5 Å². The zero-order valence-corrected chi connectivity index (χ0v) is 18.7. The van der Waals surface area contributed by atoms with Gasteiger partial charge in [-0.1, -0.05) is 6.07 Å². The van der Waals surface area contributed by atoms with E-state index >= 15 is 0 Å². The van der Waals surface area contributed by atoms with E-state index in [2.05, 4.69) is 9.62 Å². The van der Waals surface area contributed by atoms with Crippen LogP contribution in [0.4, 0.5) is 11.4 Å². The highest BCUT2D eigenvalue weighted by Gasteiger charge is 2.31. The molecule has 0 saturated carbocycles. The van der Waals surface area contributed by atoms with Gasteiger partial charge in [-0.3, -0.25) is 4.72 Å². The highest BCUT2D eigenvalue weighted by molar-refractivity contribution is 7.93. The number of rotatable bonds is 5. The number of hydrogen-bond donors (Lipinski definition) is 1. The van der Waals surface area contributed by atoms with Crippen LogP contribution in [0.15, 0.2) is 58.3 Å². The van der Waals surface area contributed by atoms with Crippen LogP contribution in [0.5, 0.6) is 0 Å². The fraction of sp³-hybridized carbons (Fsp3) is 0.429. The Bertz CT molecular complexity index is 1060. The Labute approximate surface area is 173 Å². The molecule has 6 nitrogen and oxygen atoms in total. The van der Waals surface area contributed by atoms with Gasteiger partial charge in [0.2, 0.25) is 0 Å². The van der Waals surface area contributed by atoms with Crippen molar-refractivity contribution in [3.63, 3.8) is 0 Å². The first-order valence-electron chi connectivity index (χ1n) is 9.73. The Morgan fingerprint density at radius 1 is 0.828 bits per heavy atom. The van der Waals surface area contributed by atoms with Gasteiger partial charge in [-0.05, 0) is 82.5 Å². The number of hydrogen-bond acceptors (Lipinski definition) is 5. The van der Waals surface area contributed by atoms with Crippen molar-refractivity contribution in [3.8, 4) is 0 Å². The van der Waals surface area contributed by atoms with Crippen molar-refractivity contribution in [2.24, 2.45) is 0 Å². The van der Waals surface area contributed by atoms with Crippen LogP contribution < -0.4 is 9.62 Å². The number of anilines is 2. The van der Waals surface area contributed by atoms with E-state index in [0.717, 1.165) is 31.6 Å². The van der Waals surface area contributed by atoms with Gasteiger partial charge in [0.1, 0.15) is 0 Å². The molecule has 0 spiro atoms. The van der Waals surface area contributed by atoms with E-state index in [1.54, 1.807) is 26.8 Å². The molecule has 1 aliphatic heterocycles. The second-order valence-corrected chi connectivity index (χ2v) is 12.7. The highest BCUT2D eigenvalue weighted by atomic mass is 32.2. The first-order chi connectivity index (χ1) is 13.5. The molecule has 0 aliphatic carbocycles. The van der Waals surface area contributed by atoms with Crippen molar-refractivity contribution in [1.29, 1.82) is 0 Å². The van der Waals surface area contributed by atoms with Gasteiger partial charge in [-0.2, -0.15) is 0 Å². The van der Waals surface area contributed by atoms with E-state index in [-0.39, 0.29) is 9.79 Å². The summed E-state index contributed by atoms with van der Waals surface area (Å²) < 4.78 is 52.2. The summed E-state index contributed by atoms with van der Waals surface area (Å²) in [4.78, 5) is 2.39. The van der Waals surface area contributed by atoms with Gasteiger partial charge >= 0.3 is 0 Å². The number of piperidine rings is 1. The summed E-state index contributed by atoms with van der Waals surface area (Å²) in [5.74, 6) is 0. The molecule has 0 aromatic heterocycles. The second kappa shape index (κ2) is 7.99. The third kappa shape index (κ3) is 4.75. The molecular weight excluding hydrogens is 408 g/mol. The SMILES string of the molecule is CC(C)(C)S(=O)(=O)c1ccc(S(=O)(=O)Nc2cccc(N3CCCCC3)c2)cc1. The molecule has 1 aliphatic rings. The predicted octanol–water partition coefficient (Wildman–Crippen LogP) is 4.05. The fourth-order valence-electron chi connectivity index (χ4n) is 3.28. The van der Waals surface area contributed by atoms with Crippen molar-refractivity contribution >= 4 is 31.2 Å². The van der Waals surface area contributed by atoms with Gasteiger partial charge in [-0.15, -0.1) is 0 Å². The van der Waals surface area contributed by atoms with E-state index in [1.165, 1.54) is 30.7 Å². The maximum atomic E-state index is 12.8. The normalized spacial score (nSPS) is 15.9. The predicted molar refractivity (Wildman–Crippen MR) is 117 cm³/mol. The summed E-state index contributed by atoms with van der Waals surface area (Å²) in [5.41, 5.74) is 1.48. The molecule has 0 amide bonds. The minimum Gasteiger partial charge on any atom is -0.371 e. The number of nitrogens with one attached hydrogen (secondary N) is 1. The van der Waals surface area contributed by atoms with Crippen LogP contribution in [-0.2, 0) is 19.9 Å². The van der Waals surface area contributed by atoms with Gasteiger partial charge in [0.15, 0.2) is 9.84 Å². The molecule has 2 aromatic rings. The molecule has 1 fully saturated rings. The van der Waals surface area contributed by atoms with Gasteiger partial charge in [0, 0.05) is 18.8 Å². The molecule has 0 radical (unpaired) electrons. The molecule has 2 aromatic carbocycles. The second-order valence-electron chi connectivity index (χ2n) is 8.29. The van der Waals surface area contributed by atoms with Gasteiger partial charge < -0.3 is 4.90 Å². The number of sulfonamides is 1. The number of nitrogens with zero attached hydrogens (tertiary/aromatic N) is 1. The smallest absolute Gasteiger partial charge is 0.261 e. The van der Waals surface area contributed by atoms with E-state index in [1.807, 2.05) is 18.2 Å². The summed E-state index contributed by atoms with van der Waals surface area (Å²) in [6, 6.07) is 12.7. The minimum atomic E-state index is -3.82. The van der Waals surface area contributed by atoms with Crippen LogP contribution in [0.1, 0.15) is 40.0 Å². The summed E-state index contributed by atoms with van der Waals surface area (Å²) in [6.45, 7) is 6.79. The Balaban J connectivity index is 1.81. The molecule has 0 bridgehead atoms. The van der Waals surface area contributed by atoms with Crippen molar-refractivity contribution in [2.75, 3.05) is 22.7 Å². The van der Waals surface area contributed by atoms with Gasteiger partial charge in [0.25, 0.3) is 10.0 Å². The van der Waals surface area contributed by atoms with Crippen molar-refractivity contribution < 1.29 is 16.8 Å².